The molecule has 0 aliphatic carbocycles. The molecule has 4 N–H and O–H groups in total. The maximum absolute atomic E-state index is 13.6. The highest BCUT2D eigenvalue weighted by atomic mass is 32.2. The Balaban J connectivity index is 1.85. The lowest BCUT2D eigenvalue weighted by Crippen LogP contribution is -2.72. The molecular weight excluding hydrogens is 548 g/mol. The third-order valence-electron chi connectivity index (χ3n) is 5.43. The minimum absolute atomic E-state index is 0.0255. The highest BCUT2D eigenvalue weighted by molar-refractivity contribution is 7.92. The Morgan fingerprint density at radius 3 is 2.26 bits per heavy atom. The number of hydrogen-bond acceptors (Lipinski definition) is 6. The molecule has 38 heavy (non-hydrogen) atoms. The highest BCUT2D eigenvalue weighted by Crippen LogP contribution is 2.37. The molecule has 0 saturated carbocycles. The zero-order valence-corrected chi connectivity index (χ0v) is 19.5. The second-order valence-corrected chi connectivity index (χ2v) is 9.84. The molecular formula is C22H16F6N3O6S+. The van der Waals surface area contributed by atoms with E-state index in [0.29, 0.717) is 6.07 Å². The van der Waals surface area contributed by atoms with Gasteiger partial charge in [-0.1, -0.05) is 0 Å². The standard InChI is InChI=1S/C22H15F6N3O6S/c23-21(24,25)17-8-2-12-10-31(38(35,36)14-5-3-13(4-6-14)37-22(26,27)28)16-9-11(18(32)20(33)34)1-7-15(16)29-19(12)30-17/h1-9,18,32H,10H2,(H,29,30)(H,33,34)/p+1. The number of nitrogens with two attached hydrogens (primary N) is 1. The van der Waals surface area contributed by atoms with Crippen molar-refractivity contribution in [1.82, 2.24) is 4.98 Å². The van der Waals surface area contributed by atoms with Crippen molar-refractivity contribution in [2.75, 3.05) is 4.31 Å². The number of anilines is 1. The first-order valence-electron chi connectivity index (χ1n) is 10.4. The molecule has 0 saturated heterocycles. The van der Waals surface area contributed by atoms with Crippen molar-refractivity contribution in [3.8, 4) is 5.75 Å². The number of fused-ring (bicyclic) bond motifs is 2. The molecule has 0 amide bonds. The van der Waals surface area contributed by atoms with Crippen LogP contribution in [0, 0.1) is 0 Å². The van der Waals surface area contributed by atoms with E-state index in [1.165, 1.54) is 11.4 Å². The molecule has 0 bridgehead atoms. The number of rotatable bonds is 5. The third kappa shape index (κ3) is 5.51. The van der Waals surface area contributed by atoms with E-state index in [1.807, 2.05) is 0 Å². The Morgan fingerprint density at radius 2 is 1.68 bits per heavy atom. The number of quaternary nitrogens is 1. The largest absolute Gasteiger partial charge is 0.573 e. The normalized spacial score (nSPS) is 14.8. The van der Waals surface area contributed by atoms with Crippen LogP contribution in [0.15, 0.2) is 59.5 Å². The predicted octanol–water partition coefficient (Wildman–Crippen LogP) is 3.35. The second kappa shape index (κ2) is 9.45. The molecule has 9 nitrogen and oxygen atoms in total. The number of carboxylic acids is 1. The van der Waals surface area contributed by atoms with Gasteiger partial charge in [-0.05, 0) is 54.1 Å². The first-order chi connectivity index (χ1) is 17.6. The van der Waals surface area contributed by atoms with Crippen molar-refractivity contribution in [2.24, 2.45) is 0 Å². The number of nitrogens with zero attached hydrogens (tertiary/aromatic N) is 2. The van der Waals surface area contributed by atoms with Crippen LogP contribution in [0.2, 0.25) is 0 Å². The minimum atomic E-state index is -5.02. The number of aliphatic hydroxyl groups excluding tert-OH is 1. The fourth-order valence-corrected chi connectivity index (χ4v) is 5.13. The van der Waals surface area contributed by atoms with Gasteiger partial charge in [0.1, 0.15) is 11.4 Å². The van der Waals surface area contributed by atoms with E-state index in [1.54, 1.807) is 0 Å². The number of halogens is 6. The lowest BCUT2D eigenvalue weighted by Gasteiger charge is -2.24. The summed E-state index contributed by atoms with van der Waals surface area (Å²) in [5.74, 6) is -2.54. The smallest absolute Gasteiger partial charge is 0.479 e. The summed E-state index contributed by atoms with van der Waals surface area (Å²) in [6.45, 7) is -0.570. The lowest BCUT2D eigenvalue weighted by atomic mass is 10.1. The first kappa shape index (κ1) is 27.2. The summed E-state index contributed by atoms with van der Waals surface area (Å²) in [5, 5.41) is 20.3. The molecule has 1 atom stereocenters. The molecule has 2 aromatic carbocycles. The summed E-state index contributed by atoms with van der Waals surface area (Å²) in [4.78, 5) is 14.4. The number of hydrogen-bond donors (Lipinski definition) is 3. The van der Waals surface area contributed by atoms with Crippen molar-refractivity contribution in [3.05, 3.63) is 71.4 Å². The number of aliphatic carboxylic acids is 1. The first-order valence-corrected chi connectivity index (χ1v) is 11.9. The molecule has 1 aliphatic heterocycles. The average Bonchev–Trinajstić information content (AvgIpc) is 2.98. The van der Waals surface area contributed by atoms with Gasteiger partial charge in [0.05, 0.1) is 17.0 Å². The Morgan fingerprint density at radius 1 is 1.03 bits per heavy atom. The van der Waals surface area contributed by atoms with Crippen molar-refractivity contribution in [2.45, 2.75) is 30.1 Å². The van der Waals surface area contributed by atoms with Gasteiger partial charge in [0.25, 0.3) is 10.0 Å². The van der Waals surface area contributed by atoms with Crippen molar-refractivity contribution < 1.29 is 59.8 Å². The molecule has 4 rings (SSSR count). The van der Waals surface area contributed by atoms with E-state index in [9.17, 15) is 44.7 Å². The maximum Gasteiger partial charge on any atom is 0.573 e. The van der Waals surface area contributed by atoms with E-state index in [4.69, 9.17) is 5.11 Å². The predicted molar refractivity (Wildman–Crippen MR) is 116 cm³/mol. The molecule has 2 heterocycles. The zero-order valence-electron chi connectivity index (χ0n) is 18.7. The van der Waals surface area contributed by atoms with Gasteiger partial charge < -0.3 is 14.9 Å². The van der Waals surface area contributed by atoms with Gasteiger partial charge in [0.15, 0.2) is 17.5 Å². The monoisotopic (exact) mass is 564 g/mol. The van der Waals surface area contributed by atoms with Crippen LogP contribution in [0.1, 0.15) is 22.9 Å². The molecule has 1 aromatic heterocycles. The number of aliphatic hydroxyl groups is 1. The van der Waals surface area contributed by atoms with Gasteiger partial charge in [0.2, 0.25) is 5.82 Å². The summed E-state index contributed by atoms with van der Waals surface area (Å²) < 4.78 is 109. The highest BCUT2D eigenvalue weighted by Gasteiger charge is 2.38. The second-order valence-electron chi connectivity index (χ2n) is 7.97. The molecule has 0 spiro atoms. The lowest BCUT2D eigenvalue weighted by molar-refractivity contribution is -0.482. The van der Waals surface area contributed by atoms with Gasteiger partial charge in [-0.2, -0.15) is 18.2 Å². The fourth-order valence-electron chi connectivity index (χ4n) is 3.67. The molecule has 0 fully saturated rings. The van der Waals surface area contributed by atoms with Crippen LogP contribution in [0.4, 0.5) is 43.5 Å². The SMILES string of the molecule is O=C(O)C(O)c1ccc2c(c1)N(S(=O)(=O)c1ccc(OC(F)(F)F)cc1)Cc1ccc(C(F)(F)F)nc1[NH2+]2. The number of carbonyl (C=O) groups is 1. The number of sulfonamides is 1. The molecule has 3 aromatic rings. The third-order valence-corrected chi connectivity index (χ3v) is 7.20. The molecule has 1 unspecified atom stereocenters. The van der Waals surface area contributed by atoms with E-state index in [2.05, 4.69) is 9.72 Å². The van der Waals surface area contributed by atoms with Crippen molar-refractivity contribution in [3.63, 3.8) is 0 Å². The van der Waals surface area contributed by atoms with E-state index in [-0.39, 0.29) is 28.3 Å². The van der Waals surface area contributed by atoms with E-state index < -0.39 is 57.5 Å². The Hall–Kier alpha value is -3.89. The van der Waals surface area contributed by atoms with Gasteiger partial charge in [-0.25, -0.2) is 13.2 Å². The van der Waals surface area contributed by atoms with Gasteiger partial charge in [-0.15, -0.1) is 13.2 Å². The number of benzene rings is 2. The number of alkyl halides is 6. The molecule has 202 valence electrons. The Kier molecular flexibility index (Phi) is 6.75. The Bertz CT molecular complexity index is 1490. The number of pyridine rings is 1. The quantitative estimate of drug-likeness (QED) is 0.320. The Labute approximate surface area is 210 Å². The van der Waals surface area contributed by atoms with E-state index >= 15 is 0 Å². The van der Waals surface area contributed by atoms with Gasteiger partial charge in [-0.3, -0.25) is 9.62 Å². The van der Waals surface area contributed by atoms with Crippen LogP contribution in [0.3, 0.4) is 0 Å². The molecule has 0 radical (unpaired) electrons. The van der Waals surface area contributed by atoms with Crippen LogP contribution in [-0.2, 0) is 27.5 Å². The topological polar surface area (TPSA) is 134 Å². The summed E-state index contributed by atoms with van der Waals surface area (Å²) in [7, 11) is -4.61. The van der Waals surface area contributed by atoms with Crippen molar-refractivity contribution >= 4 is 33.2 Å². The molecule has 16 heteroatoms. The number of ether oxygens (including phenoxy) is 1. The van der Waals surface area contributed by atoms with Crippen molar-refractivity contribution in [1.29, 1.82) is 0 Å². The van der Waals surface area contributed by atoms with E-state index in [0.717, 1.165) is 46.8 Å². The maximum atomic E-state index is 13.6. The van der Waals surface area contributed by atoms with Crippen LogP contribution < -0.4 is 14.4 Å². The number of aromatic nitrogens is 1. The summed E-state index contributed by atoms with van der Waals surface area (Å²) in [6, 6.07) is 8.30. The van der Waals surface area contributed by atoms with Crippen LogP contribution in [0.25, 0.3) is 0 Å². The number of carboxylic acid groups (broad SMARTS) is 1. The van der Waals surface area contributed by atoms with Gasteiger partial charge >= 0.3 is 18.5 Å². The van der Waals surface area contributed by atoms with Gasteiger partial charge in [0, 0.05) is 6.07 Å². The fraction of sp³-hybridized carbons (Fsp3) is 0.182. The minimum Gasteiger partial charge on any atom is -0.479 e. The van der Waals surface area contributed by atoms with Crippen LogP contribution in [-0.4, -0.2) is 35.9 Å². The summed E-state index contributed by atoms with van der Waals surface area (Å²) >= 11 is 0. The van der Waals surface area contributed by atoms with Crippen LogP contribution in [0.5, 0.6) is 5.75 Å². The summed E-state index contributed by atoms with van der Waals surface area (Å²) in [6.07, 6.45) is -11.9. The molecule has 1 aliphatic rings. The summed E-state index contributed by atoms with van der Waals surface area (Å²) in [5.41, 5.74) is -1.59. The zero-order chi connectivity index (χ0) is 28.0. The van der Waals surface area contributed by atoms with Crippen LogP contribution >= 0.6 is 0 Å². The average molecular weight is 564 g/mol.